The third-order valence-corrected chi connectivity index (χ3v) is 8.65. The molecule has 1 aromatic heterocycles. The van der Waals surface area contributed by atoms with Gasteiger partial charge < -0.3 is 39.8 Å². The van der Waals surface area contributed by atoms with Crippen LogP contribution in [0.5, 0.6) is 17.2 Å². The molecular formula is C36H40N4O7. The fourth-order valence-corrected chi connectivity index (χ4v) is 6.25. The number of ether oxygens (including phenoxy) is 3. The van der Waals surface area contributed by atoms with E-state index in [1.165, 1.54) is 11.8 Å². The van der Waals surface area contributed by atoms with Crippen LogP contribution in [0.25, 0.3) is 10.9 Å². The van der Waals surface area contributed by atoms with Gasteiger partial charge in [-0.3, -0.25) is 14.4 Å². The first-order valence-electron chi connectivity index (χ1n) is 16.0. The number of rotatable bonds is 3. The van der Waals surface area contributed by atoms with E-state index in [1.807, 2.05) is 42.5 Å². The molecule has 0 unspecified atom stereocenters. The van der Waals surface area contributed by atoms with E-state index < -0.39 is 24.0 Å². The minimum atomic E-state index is -1.20. The van der Waals surface area contributed by atoms with Crippen molar-refractivity contribution in [3.8, 4) is 17.2 Å². The Morgan fingerprint density at radius 1 is 1.02 bits per heavy atom. The number of aliphatic hydroxyl groups excluding tert-OH is 1. The first-order chi connectivity index (χ1) is 22.8. The van der Waals surface area contributed by atoms with Crippen molar-refractivity contribution in [1.29, 1.82) is 0 Å². The number of carbonyl (C=O) groups is 3. The molecule has 0 saturated carbocycles. The molecule has 11 heteroatoms. The maximum Gasteiger partial charge on any atom is 0.254 e. The summed E-state index contributed by atoms with van der Waals surface area (Å²) >= 11 is 0. The van der Waals surface area contributed by atoms with Gasteiger partial charge in [-0.1, -0.05) is 24.3 Å². The van der Waals surface area contributed by atoms with E-state index in [0.29, 0.717) is 49.4 Å². The molecule has 6 rings (SSSR count). The first-order valence-corrected chi connectivity index (χ1v) is 16.0. The van der Waals surface area contributed by atoms with E-state index in [0.717, 1.165) is 39.0 Å². The molecule has 11 nitrogen and oxygen atoms in total. The van der Waals surface area contributed by atoms with E-state index >= 15 is 0 Å². The molecule has 3 aromatic carbocycles. The zero-order valence-corrected chi connectivity index (χ0v) is 26.6. The molecular weight excluding hydrogens is 600 g/mol. The van der Waals surface area contributed by atoms with Crippen molar-refractivity contribution >= 4 is 28.6 Å². The van der Waals surface area contributed by atoms with Crippen molar-refractivity contribution in [3.05, 3.63) is 88.6 Å². The first kappa shape index (κ1) is 31.9. The minimum absolute atomic E-state index is 0.214. The summed E-state index contributed by atoms with van der Waals surface area (Å²) in [5.74, 6) is 0.545. The largest absolute Gasteiger partial charge is 0.493 e. The van der Waals surface area contributed by atoms with Gasteiger partial charge in [-0.15, -0.1) is 0 Å². The predicted molar refractivity (Wildman–Crippen MR) is 176 cm³/mol. The number of methoxy groups -OCH3 is 1. The molecule has 2 aliphatic heterocycles. The monoisotopic (exact) mass is 640 g/mol. The van der Waals surface area contributed by atoms with E-state index in [2.05, 4.69) is 15.6 Å². The number of nitrogens with one attached hydrogen (secondary N) is 3. The van der Waals surface area contributed by atoms with Crippen LogP contribution in [-0.4, -0.2) is 84.8 Å². The topological polar surface area (TPSA) is 142 Å². The van der Waals surface area contributed by atoms with Gasteiger partial charge in [0.1, 0.15) is 11.8 Å². The van der Waals surface area contributed by atoms with Crippen LogP contribution in [0.2, 0.25) is 0 Å². The SMILES string of the molecule is COc1ccc2cc1OCCCN(C(=O)c1ccc3c(c1)CCO3)CC(=O)N[C@@H]([C@@H](C)O)C(=O)NCCc1c([nH]c3ccccc13)C2. The van der Waals surface area contributed by atoms with Crippen LogP contribution in [0, 0.1) is 0 Å². The minimum Gasteiger partial charge on any atom is -0.493 e. The van der Waals surface area contributed by atoms with Gasteiger partial charge in [-0.2, -0.15) is 0 Å². The number of fused-ring (bicyclic) bond motifs is 6. The van der Waals surface area contributed by atoms with Crippen molar-refractivity contribution in [2.75, 3.05) is 40.0 Å². The van der Waals surface area contributed by atoms with E-state index in [9.17, 15) is 19.5 Å². The van der Waals surface area contributed by atoms with E-state index in [-0.39, 0.29) is 32.1 Å². The Balaban J connectivity index is 1.29. The zero-order valence-electron chi connectivity index (χ0n) is 26.6. The van der Waals surface area contributed by atoms with Crippen LogP contribution in [0.4, 0.5) is 0 Å². The number of nitrogens with zero attached hydrogens (tertiary/aromatic N) is 1. The average Bonchev–Trinajstić information content (AvgIpc) is 3.68. The number of carbonyl (C=O) groups excluding carboxylic acids is 3. The van der Waals surface area contributed by atoms with Gasteiger partial charge >= 0.3 is 0 Å². The molecule has 4 aromatic rings. The number of hydrogen-bond acceptors (Lipinski definition) is 7. The molecule has 2 atom stereocenters. The lowest BCUT2D eigenvalue weighted by molar-refractivity contribution is -0.131. The molecule has 246 valence electrons. The highest BCUT2D eigenvalue weighted by atomic mass is 16.5. The maximum atomic E-state index is 13.7. The molecule has 0 radical (unpaired) electrons. The van der Waals surface area contributed by atoms with Crippen molar-refractivity contribution < 1.29 is 33.7 Å². The van der Waals surface area contributed by atoms with Crippen LogP contribution in [0.3, 0.4) is 0 Å². The zero-order chi connectivity index (χ0) is 32.9. The molecule has 2 aliphatic rings. The number of aromatic amines is 1. The summed E-state index contributed by atoms with van der Waals surface area (Å²) in [4.78, 5) is 45.3. The van der Waals surface area contributed by atoms with Gasteiger partial charge in [-0.25, -0.2) is 0 Å². The number of aromatic nitrogens is 1. The van der Waals surface area contributed by atoms with Crippen LogP contribution in [0.15, 0.2) is 60.7 Å². The number of amides is 3. The molecule has 4 N–H and O–H groups in total. The molecule has 47 heavy (non-hydrogen) atoms. The Bertz CT molecular complexity index is 1780. The van der Waals surface area contributed by atoms with E-state index in [4.69, 9.17) is 14.2 Å². The standard InChI is InChI=1S/C36H40N4O7/c1-22(41)34-35(43)37-14-12-27-26-6-3-4-7-28(26)38-29(27)18-23-8-10-31(45-2)32(19-23)46-16-5-15-40(21-33(42)39-34)36(44)25-9-11-30-24(20-25)13-17-47-30/h3-4,6-11,19-20,22,34,38,41H,5,12-18,21H2,1-2H3,(H,37,43)(H,39,42)/t22-,34+/m1/s1. The van der Waals surface area contributed by atoms with Crippen LogP contribution in [-0.2, 0) is 28.9 Å². The fourth-order valence-electron chi connectivity index (χ4n) is 6.25. The van der Waals surface area contributed by atoms with Crippen molar-refractivity contribution in [1.82, 2.24) is 20.5 Å². The molecule has 0 aliphatic carbocycles. The van der Waals surface area contributed by atoms with Gasteiger partial charge in [0.05, 0.1) is 33.0 Å². The van der Waals surface area contributed by atoms with E-state index in [1.54, 1.807) is 25.3 Å². The highest BCUT2D eigenvalue weighted by Gasteiger charge is 2.28. The number of aliphatic hydroxyl groups is 1. The number of benzene rings is 3. The predicted octanol–water partition coefficient (Wildman–Crippen LogP) is 3.15. The van der Waals surface area contributed by atoms with Gasteiger partial charge in [0.15, 0.2) is 11.5 Å². The van der Waals surface area contributed by atoms with Crippen LogP contribution in [0.1, 0.15) is 46.1 Å². The summed E-state index contributed by atoms with van der Waals surface area (Å²) in [6, 6.07) is 17.9. The molecule has 3 amide bonds. The Morgan fingerprint density at radius 2 is 1.85 bits per heavy atom. The smallest absolute Gasteiger partial charge is 0.254 e. The summed E-state index contributed by atoms with van der Waals surface area (Å²) in [5.41, 5.74) is 5.48. The molecule has 0 spiro atoms. The summed E-state index contributed by atoms with van der Waals surface area (Å²) in [6.45, 7) is 2.47. The van der Waals surface area contributed by atoms with Gasteiger partial charge in [-0.05, 0) is 72.9 Å². The molecule has 2 bridgehead atoms. The Kier molecular flexibility index (Phi) is 9.63. The second-order valence-electron chi connectivity index (χ2n) is 12.0. The third-order valence-electron chi connectivity index (χ3n) is 8.65. The molecule has 3 heterocycles. The fraction of sp³-hybridized carbons (Fsp3) is 0.361. The Labute approximate surface area is 273 Å². The molecule has 0 saturated heterocycles. The summed E-state index contributed by atoms with van der Waals surface area (Å²) in [5, 5.41) is 17.1. The Morgan fingerprint density at radius 3 is 2.68 bits per heavy atom. The van der Waals surface area contributed by atoms with Gasteiger partial charge in [0.2, 0.25) is 11.8 Å². The molecule has 0 fully saturated rings. The number of para-hydroxylation sites is 1. The lowest BCUT2D eigenvalue weighted by atomic mass is 10.0. The van der Waals surface area contributed by atoms with Gasteiger partial charge in [0.25, 0.3) is 5.91 Å². The lowest BCUT2D eigenvalue weighted by Gasteiger charge is -2.25. The van der Waals surface area contributed by atoms with Crippen molar-refractivity contribution in [3.63, 3.8) is 0 Å². The maximum absolute atomic E-state index is 13.7. The summed E-state index contributed by atoms with van der Waals surface area (Å²) in [7, 11) is 1.59. The summed E-state index contributed by atoms with van der Waals surface area (Å²) < 4.78 is 17.4. The second kappa shape index (κ2) is 14.2. The van der Waals surface area contributed by atoms with Crippen molar-refractivity contribution in [2.24, 2.45) is 0 Å². The summed E-state index contributed by atoms with van der Waals surface area (Å²) in [6.07, 6.45) is 1.09. The quantitative estimate of drug-likeness (QED) is 0.270. The second-order valence-corrected chi connectivity index (χ2v) is 12.0. The lowest BCUT2D eigenvalue weighted by Crippen LogP contribution is -2.55. The van der Waals surface area contributed by atoms with Crippen molar-refractivity contribution in [2.45, 2.75) is 44.8 Å². The Hall–Kier alpha value is -5.03. The highest BCUT2D eigenvalue weighted by molar-refractivity contribution is 5.97. The number of H-pyrrole nitrogens is 1. The average molecular weight is 641 g/mol. The number of hydrogen-bond donors (Lipinski definition) is 4. The third kappa shape index (κ3) is 7.20. The van der Waals surface area contributed by atoms with Crippen LogP contribution >= 0.6 is 0 Å². The highest BCUT2D eigenvalue weighted by Crippen LogP contribution is 2.31. The van der Waals surface area contributed by atoms with Gasteiger partial charge in [0, 0.05) is 48.1 Å². The van der Waals surface area contributed by atoms with Crippen LogP contribution < -0.4 is 24.8 Å². The normalized spacial score (nSPS) is 18.3.